The molecule has 2 aromatic rings. The van der Waals surface area contributed by atoms with Crippen LogP contribution in [-0.4, -0.2) is 9.55 Å². The zero-order chi connectivity index (χ0) is 13.2. The smallest absolute Gasteiger partial charge is 0.261 e. The van der Waals surface area contributed by atoms with Crippen LogP contribution in [0, 0.1) is 0 Å². The molecule has 4 heteroatoms. The summed E-state index contributed by atoms with van der Waals surface area (Å²) in [5.74, 6) is 0.994. The van der Waals surface area contributed by atoms with Crippen LogP contribution in [0.5, 0.6) is 0 Å². The summed E-state index contributed by atoms with van der Waals surface area (Å²) in [6.07, 6.45) is 5.76. The quantitative estimate of drug-likeness (QED) is 0.785. The summed E-state index contributed by atoms with van der Waals surface area (Å²) in [5, 5.41) is 0.696. The lowest BCUT2D eigenvalue weighted by Crippen LogP contribution is -2.30. The maximum absolute atomic E-state index is 12.7. The van der Waals surface area contributed by atoms with Crippen molar-refractivity contribution in [1.29, 1.82) is 0 Å². The Morgan fingerprint density at radius 1 is 1.21 bits per heavy atom. The van der Waals surface area contributed by atoms with Crippen molar-refractivity contribution >= 4 is 22.5 Å². The van der Waals surface area contributed by atoms with Crippen molar-refractivity contribution in [2.75, 3.05) is 0 Å². The summed E-state index contributed by atoms with van der Waals surface area (Å²) >= 11 is 6.00. The molecule has 3 rings (SSSR count). The van der Waals surface area contributed by atoms with Crippen molar-refractivity contribution in [3.63, 3.8) is 0 Å². The normalized spacial score (nSPS) is 16.9. The fourth-order valence-corrected chi connectivity index (χ4v) is 3.19. The van der Waals surface area contributed by atoms with Crippen LogP contribution < -0.4 is 5.56 Å². The van der Waals surface area contributed by atoms with E-state index in [1.54, 1.807) is 0 Å². The first-order chi connectivity index (χ1) is 9.31. The van der Waals surface area contributed by atoms with Gasteiger partial charge < -0.3 is 0 Å². The lowest BCUT2D eigenvalue weighted by Gasteiger charge is -2.26. The number of para-hydroxylation sites is 1. The van der Waals surface area contributed by atoms with E-state index in [1.165, 1.54) is 19.3 Å². The van der Waals surface area contributed by atoms with Crippen LogP contribution in [0.2, 0.25) is 0 Å². The Balaban J connectivity index is 2.21. The van der Waals surface area contributed by atoms with Gasteiger partial charge in [-0.3, -0.25) is 9.36 Å². The number of alkyl halides is 1. The van der Waals surface area contributed by atoms with Crippen LogP contribution in [0.25, 0.3) is 10.9 Å². The predicted octanol–water partition coefficient (Wildman–Crippen LogP) is 3.64. The van der Waals surface area contributed by atoms with Crippen molar-refractivity contribution in [2.45, 2.75) is 44.0 Å². The molecule has 1 saturated carbocycles. The van der Waals surface area contributed by atoms with E-state index in [0.717, 1.165) is 18.4 Å². The zero-order valence-corrected chi connectivity index (χ0v) is 11.6. The second-order valence-electron chi connectivity index (χ2n) is 5.15. The Morgan fingerprint density at radius 2 is 1.95 bits per heavy atom. The van der Waals surface area contributed by atoms with Crippen LogP contribution >= 0.6 is 11.6 Å². The standard InChI is InChI=1S/C15H17ClN2O/c16-10-14-17-13-9-5-4-8-12(13)15(19)18(14)11-6-2-1-3-7-11/h4-5,8-9,11H,1-3,6-7,10H2. The first-order valence-electron chi connectivity index (χ1n) is 6.87. The van der Waals surface area contributed by atoms with Gasteiger partial charge in [0, 0.05) is 6.04 Å². The minimum Gasteiger partial charge on any atom is -0.292 e. The molecule has 0 saturated heterocycles. The van der Waals surface area contributed by atoms with E-state index in [1.807, 2.05) is 28.8 Å². The maximum Gasteiger partial charge on any atom is 0.261 e. The zero-order valence-electron chi connectivity index (χ0n) is 10.8. The molecule has 1 aromatic carbocycles. The number of nitrogens with zero attached hydrogens (tertiary/aromatic N) is 2. The number of halogens is 1. The van der Waals surface area contributed by atoms with Crippen molar-refractivity contribution in [3.05, 3.63) is 40.4 Å². The molecule has 0 amide bonds. The molecule has 1 fully saturated rings. The summed E-state index contributed by atoms with van der Waals surface area (Å²) in [6.45, 7) is 0. The summed E-state index contributed by atoms with van der Waals surface area (Å²) in [6, 6.07) is 7.78. The average molecular weight is 277 g/mol. The lowest BCUT2D eigenvalue weighted by molar-refractivity contribution is 0.339. The van der Waals surface area contributed by atoms with Crippen molar-refractivity contribution in [3.8, 4) is 0 Å². The fourth-order valence-electron chi connectivity index (χ4n) is 3.00. The van der Waals surface area contributed by atoms with E-state index in [2.05, 4.69) is 4.98 Å². The highest BCUT2D eigenvalue weighted by atomic mass is 35.5. The molecule has 0 aliphatic heterocycles. The average Bonchev–Trinajstić information content (AvgIpc) is 2.48. The van der Waals surface area contributed by atoms with Gasteiger partial charge in [0.1, 0.15) is 5.82 Å². The van der Waals surface area contributed by atoms with Crippen LogP contribution in [0.4, 0.5) is 0 Å². The Bertz CT molecular complexity index is 644. The van der Waals surface area contributed by atoms with Gasteiger partial charge in [0.25, 0.3) is 5.56 Å². The summed E-state index contributed by atoms with van der Waals surface area (Å²) in [4.78, 5) is 17.2. The Hall–Kier alpha value is -1.35. The van der Waals surface area contributed by atoms with Gasteiger partial charge in [-0.25, -0.2) is 4.98 Å². The number of hydrogen-bond acceptors (Lipinski definition) is 2. The summed E-state index contributed by atoms with van der Waals surface area (Å²) in [5.41, 5.74) is 0.809. The molecule has 0 spiro atoms. The van der Waals surface area contributed by atoms with Gasteiger partial charge >= 0.3 is 0 Å². The SMILES string of the molecule is O=c1c2ccccc2nc(CCl)n1C1CCCCC1. The van der Waals surface area contributed by atoms with Gasteiger partial charge in [0.2, 0.25) is 0 Å². The van der Waals surface area contributed by atoms with Gasteiger partial charge in [-0.2, -0.15) is 0 Å². The third kappa shape index (κ3) is 2.27. The molecular formula is C15H17ClN2O. The first kappa shape index (κ1) is 12.7. The van der Waals surface area contributed by atoms with Gasteiger partial charge in [-0.15, -0.1) is 11.6 Å². The molecule has 3 nitrogen and oxygen atoms in total. The van der Waals surface area contributed by atoms with Crippen LogP contribution in [0.3, 0.4) is 0 Å². The Morgan fingerprint density at radius 3 is 2.68 bits per heavy atom. The highest BCUT2D eigenvalue weighted by Gasteiger charge is 2.20. The summed E-state index contributed by atoms with van der Waals surface area (Å²) in [7, 11) is 0. The van der Waals surface area contributed by atoms with E-state index < -0.39 is 0 Å². The fraction of sp³-hybridized carbons (Fsp3) is 0.467. The highest BCUT2D eigenvalue weighted by molar-refractivity contribution is 6.16. The van der Waals surface area contributed by atoms with Crippen molar-refractivity contribution in [2.24, 2.45) is 0 Å². The first-order valence-corrected chi connectivity index (χ1v) is 7.41. The summed E-state index contributed by atoms with van der Waals surface area (Å²) < 4.78 is 1.84. The molecule has 0 unspecified atom stereocenters. The van der Waals surface area contributed by atoms with E-state index in [-0.39, 0.29) is 17.5 Å². The minimum atomic E-state index is 0.0631. The number of fused-ring (bicyclic) bond motifs is 1. The van der Waals surface area contributed by atoms with Gasteiger partial charge in [-0.05, 0) is 25.0 Å². The van der Waals surface area contributed by atoms with Crippen LogP contribution in [0.1, 0.15) is 44.0 Å². The number of aromatic nitrogens is 2. The van der Waals surface area contributed by atoms with Crippen LogP contribution in [0.15, 0.2) is 29.1 Å². The van der Waals surface area contributed by atoms with E-state index in [9.17, 15) is 4.79 Å². The molecule has 0 atom stereocenters. The molecule has 1 aliphatic carbocycles. The predicted molar refractivity (Wildman–Crippen MR) is 77.7 cm³/mol. The monoisotopic (exact) mass is 276 g/mol. The molecule has 1 aromatic heterocycles. The second-order valence-corrected chi connectivity index (χ2v) is 5.41. The van der Waals surface area contributed by atoms with Crippen LogP contribution in [-0.2, 0) is 5.88 Å². The molecule has 0 bridgehead atoms. The maximum atomic E-state index is 12.7. The van der Waals surface area contributed by atoms with Crippen molar-refractivity contribution in [1.82, 2.24) is 9.55 Å². The van der Waals surface area contributed by atoms with Gasteiger partial charge in [0.15, 0.2) is 0 Å². The molecule has 1 aliphatic rings. The van der Waals surface area contributed by atoms with E-state index in [0.29, 0.717) is 11.2 Å². The lowest BCUT2D eigenvalue weighted by atomic mass is 9.95. The van der Waals surface area contributed by atoms with Gasteiger partial charge in [-0.1, -0.05) is 31.4 Å². The Kier molecular flexibility index (Phi) is 3.56. The van der Waals surface area contributed by atoms with E-state index in [4.69, 9.17) is 11.6 Å². The number of hydrogen-bond donors (Lipinski definition) is 0. The molecule has 0 N–H and O–H groups in total. The largest absolute Gasteiger partial charge is 0.292 e. The second kappa shape index (κ2) is 5.33. The minimum absolute atomic E-state index is 0.0631. The topological polar surface area (TPSA) is 34.9 Å². The molecule has 19 heavy (non-hydrogen) atoms. The molecule has 0 radical (unpaired) electrons. The molecule has 1 heterocycles. The molecular weight excluding hydrogens is 260 g/mol. The Labute approximate surface area is 117 Å². The highest BCUT2D eigenvalue weighted by Crippen LogP contribution is 2.28. The molecule has 100 valence electrons. The van der Waals surface area contributed by atoms with Crippen molar-refractivity contribution < 1.29 is 0 Å². The van der Waals surface area contributed by atoms with Gasteiger partial charge in [0.05, 0.1) is 16.8 Å². The number of rotatable bonds is 2. The third-order valence-corrected chi connectivity index (χ3v) is 4.18. The third-order valence-electron chi connectivity index (χ3n) is 3.94. The number of benzene rings is 1. The van der Waals surface area contributed by atoms with E-state index >= 15 is 0 Å².